The molecule has 0 bridgehead atoms. The second-order valence-corrected chi connectivity index (χ2v) is 5.69. The number of rotatable bonds is 6. The largest absolute Gasteiger partial charge is 0.382 e. The molecule has 0 spiro atoms. The third-order valence-corrected chi connectivity index (χ3v) is 3.95. The van der Waals surface area contributed by atoms with Crippen LogP contribution in [-0.2, 0) is 9.47 Å². The number of carbonyl (C=O) groups excluding carboxylic acids is 1. The van der Waals surface area contributed by atoms with Crippen molar-refractivity contribution in [3.05, 3.63) is 29.3 Å². The summed E-state index contributed by atoms with van der Waals surface area (Å²) in [6.45, 7) is 2.69. The molecule has 108 valence electrons. The van der Waals surface area contributed by atoms with Crippen molar-refractivity contribution in [1.29, 1.82) is 0 Å². The molecule has 2 rings (SSSR count). The Balaban J connectivity index is 2.04. The Morgan fingerprint density at radius 1 is 1.45 bits per heavy atom. The molecule has 1 atom stereocenters. The first kappa shape index (κ1) is 14.9. The molecule has 0 saturated carbocycles. The fraction of sp³-hybridized carbons (Fsp3) is 0.429. The van der Waals surface area contributed by atoms with Gasteiger partial charge in [-0.05, 0) is 25.1 Å². The van der Waals surface area contributed by atoms with Crippen LogP contribution in [0.15, 0.2) is 23.7 Å². The lowest BCUT2D eigenvalue weighted by atomic mass is 10.1. The van der Waals surface area contributed by atoms with Gasteiger partial charge in [0.05, 0.1) is 22.3 Å². The first-order chi connectivity index (χ1) is 9.58. The van der Waals surface area contributed by atoms with E-state index in [9.17, 15) is 4.79 Å². The fourth-order valence-electron chi connectivity index (χ4n) is 1.85. The Hall–Kier alpha value is -1.50. The predicted molar refractivity (Wildman–Crippen MR) is 79.2 cm³/mol. The standard InChI is InChI=1S/C14H18N2O3S/c1-14(19-3,8-18-2)7-15-13(17)10-4-5-11-12(6-10)20-9-16-11/h4-6,9H,7-8H2,1-3H3,(H,15,17)/t14-/m0/s1. The van der Waals surface area contributed by atoms with Crippen molar-refractivity contribution in [3.63, 3.8) is 0 Å². The van der Waals surface area contributed by atoms with Gasteiger partial charge in [-0.2, -0.15) is 0 Å². The van der Waals surface area contributed by atoms with E-state index in [1.54, 1.807) is 25.8 Å². The van der Waals surface area contributed by atoms with Gasteiger partial charge < -0.3 is 14.8 Å². The number of nitrogens with zero attached hydrogens (tertiary/aromatic N) is 1. The summed E-state index contributed by atoms with van der Waals surface area (Å²) < 4.78 is 11.5. The molecule has 0 fully saturated rings. The Kier molecular flexibility index (Phi) is 4.69. The molecule has 1 amide bonds. The van der Waals surface area contributed by atoms with Crippen molar-refractivity contribution in [2.45, 2.75) is 12.5 Å². The number of aromatic nitrogens is 1. The number of nitrogens with one attached hydrogen (secondary N) is 1. The number of benzene rings is 1. The van der Waals surface area contributed by atoms with Crippen molar-refractivity contribution in [2.75, 3.05) is 27.4 Å². The van der Waals surface area contributed by atoms with Crippen LogP contribution in [0.4, 0.5) is 0 Å². The summed E-state index contributed by atoms with van der Waals surface area (Å²) in [6.07, 6.45) is 0. The molecule has 0 aliphatic rings. The van der Waals surface area contributed by atoms with Crippen molar-refractivity contribution >= 4 is 27.5 Å². The monoisotopic (exact) mass is 294 g/mol. The van der Waals surface area contributed by atoms with Crippen LogP contribution in [0.25, 0.3) is 10.2 Å². The van der Waals surface area contributed by atoms with Gasteiger partial charge in [-0.1, -0.05) is 0 Å². The van der Waals surface area contributed by atoms with Crippen molar-refractivity contribution in [1.82, 2.24) is 10.3 Å². The lowest BCUT2D eigenvalue weighted by Gasteiger charge is -2.27. The molecular formula is C14H18N2O3S. The van der Waals surface area contributed by atoms with E-state index >= 15 is 0 Å². The molecule has 0 aliphatic heterocycles. The zero-order chi connectivity index (χ0) is 14.6. The Labute approximate surface area is 121 Å². The van der Waals surface area contributed by atoms with E-state index in [0.717, 1.165) is 10.2 Å². The summed E-state index contributed by atoms with van der Waals surface area (Å²) in [7, 11) is 3.21. The predicted octanol–water partition coefficient (Wildman–Crippen LogP) is 2.08. The molecule has 0 radical (unpaired) electrons. The topological polar surface area (TPSA) is 60.5 Å². The van der Waals surface area contributed by atoms with E-state index in [-0.39, 0.29) is 5.91 Å². The lowest BCUT2D eigenvalue weighted by Crippen LogP contribution is -2.45. The molecule has 0 unspecified atom stereocenters. The highest BCUT2D eigenvalue weighted by molar-refractivity contribution is 7.16. The number of ether oxygens (including phenoxy) is 2. The smallest absolute Gasteiger partial charge is 0.251 e. The molecule has 1 N–H and O–H groups in total. The SMILES string of the molecule is COC[C@](C)(CNC(=O)c1ccc2ncsc2c1)OC. The van der Waals surface area contributed by atoms with Crippen molar-refractivity contribution in [2.24, 2.45) is 0 Å². The molecule has 1 heterocycles. The molecule has 1 aromatic carbocycles. The number of hydrogen-bond donors (Lipinski definition) is 1. The minimum Gasteiger partial charge on any atom is -0.382 e. The van der Waals surface area contributed by atoms with E-state index in [0.29, 0.717) is 18.7 Å². The van der Waals surface area contributed by atoms with Gasteiger partial charge in [-0.15, -0.1) is 11.3 Å². The average molecular weight is 294 g/mol. The maximum atomic E-state index is 12.2. The molecular weight excluding hydrogens is 276 g/mol. The highest BCUT2D eigenvalue weighted by Gasteiger charge is 2.24. The van der Waals surface area contributed by atoms with Gasteiger partial charge in [-0.25, -0.2) is 4.98 Å². The minimum absolute atomic E-state index is 0.125. The van der Waals surface area contributed by atoms with Crippen LogP contribution >= 0.6 is 11.3 Å². The quantitative estimate of drug-likeness (QED) is 0.886. The average Bonchev–Trinajstić information content (AvgIpc) is 2.92. The highest BCUT2D eigenvalue weighted by Crippen LogP contribution is 2.19. The van der Waals surface area contributed by atoms with Gasteiger partial charge >= 0.3 is 0 Å². The number of thiazole rings is 1. The van der Waals surface area contributed by atoms with Gasteiger partial charge in [0.1, 0.15) is 5.60 Å². The summed E-state index contributed by atoms with van der Waals surface area (Å²) in [5.74, 6) is -0.125. The first-order valence-corrected chi connectivity index (χ1v) is 7.11. The van der Waals surface area contributed by atoms with Crippen LogP contribution in [0, 0.1) is 0 Å². The summed E-state index contributed by atoms with van der Waals surface area (Å²) in [5, 5.41) is 2.87. The summed E-state index contributed by atoms with van der Waals surface area (Å²) in [6, 6.07) is 5.48. The normalized spacial score (nSPS) is 14.2. The van der Waals surface area contributed by atoms with Gasteiger partial charge in [0.25, 0.3) is 5.91 Å². The number of methoxy groups -OCH3 is 2. The van der Waals surface area contributed by atoms with Gasteiger partial charge in [0.2, 0.25) is 0 Å². The minimum atomic E-state index is -0.529. The van der Waals surface area contributed by atoms with Gasteiger partial charge in [0, 0.05) is 26.3 Å². The molecule has 6 heteroatoms. The second kappa shape index (κ2) is 6.30. The number of hydrogen-bond acceptors (Lipinski definition) is 5. The van der Waals surface area contributed by atoms with Gasteiger partial charge in [0.15, 0.2) is 0 Å². The maximum Gasteiger partial charge on any atom is 0.251 e. The Bertz CT molecular complexity index is 599. The van der Waals surface area contributed by atoms with Crippen molar-refractivity contribution in [3.8, 4) is 0 Å². The summed E-state index contributed by atoms with van der Waals surface area (Å²) in [5.41, 5.74) is 2.77. The van der Waals surface area contributed by atoms with E-state index in [4.69, 9.17) is 9.47 Å². The molecule has 5 nitrogen and oxygen atoms in total. The molecule has 0 aliphatic carbocycles. The third kappa shape index (κ3) is 3.33. The van der Waals surface area contributed by atoms with Crippen LogP contribution < -0.4 is 5.32 Å². The number of amides is 1. The van der Waals surface area contributed by atoms with Crippen LogP contribution in [0.2, 0.25) is 0 Å². The maximum absolute atomic E-state index is 12.2. The Morgan fingerprint density at radius 3 is 2.95 bits per heavy atom. The second-order valence-electron chi connectivity index (χ2n) is 4.80. The van der Waals surface area contributed by atoms with Crippen LogP contribution in [0.1, 0.15) is 17.3 Å². The van der Waals surface area contributed by atoms with E-state index < -0.39 is 5.60 Å². The first-order valence-electron chi connectivity index (χ1n) is 6.23. The zero-order valence-electron chi connectivity index (χ0n) is 11.8. The van der Waals surface area contributed by atoms with E-state index in [1.807, 2.05) is 19.1 Å². The molecule has 2 aromatic rings. The molecule has 20 heavy (non-hydrogen) atoms. The fourth-order valence-corrected chi connectivity index (χ4v) is 2.57. The third-order valence-electron chi connectivity index (χ3n) is 3.16. The number of fused-ring (bicyclic) bond motifs is 1. The van der Waals surface area contributed by atoms with Crippen molar-refractivity contribution < 1.29 is 14.3 Å². The van der Waals surface area contributed by atoms with E-state index in [2.05, 4.69) is 10.3 Å². The van der Waals surface area contributed by atoms with E-state index in [1.165, 1.54) is 11.3 Å². The molecule has 1 aromatic heterocycles. The zero-order valence-corrected chi connectivity index (χ0v) is 12.6. The summed E-state index contributed by atoms with van der Waals surface area (Å²) >= 11 is 1.52. The molecule has 0 saturated heterocycles. The Morgan fingerprint density at radius 2 is 2.25 bits per heavy atom. The number of carbonyl (C=O) groups is 1. The summed E-state index contributed by atoms with van der Waals surface area (Å²) in [4.78, 5) is 16.3. The van der Waals surface area contributed by atoms with Crippen LogP contribution in [0.3, 0.4) is 0 Å². The van der Waals surface area contributed by atoms with Crippen LogP contribution in [0.5, 0.6) is 0 Å². The lowest BCUT2D eigenvalue weighted by molar-refractivity contribution is -0.0479. The highest BCUT2D eigenvalue weighted by atomic mass is 32.1. The van der Waals surface area contributed by atoms with Gasteiger partial charge in [-0.3, -0.25) is 4.79 Å². The van der Waals surface area contributed by atoms with Crippen LogP contribution in [-0.4, -0.2) is 43.9 Å².